The molecule has 0 radical (unpaired) electrons. The standard InChI is InChI=1S/C14H16FNO2.C12H22BNO2.C8H6BrFO2/c1-16-7-5-10(6-8-16)11-3-4-13(15)12(9-11)14(17)18-2;1-11(2)12(3,4)16-13(15-11)10-6-8-14(5)9-7-10;1-12-8(11)6-4-5(9)2-3-7(6)10/h3-5,9H,6-8H2,1-2H3;6H,7-9H2,1-5H3;2-4H,1H3. The van der Waals surface area contributed by atoms with E-state index in [4.69, 9.17) is 9.31 Å². The molecule has 0 spiro atoms. The van der Waals surface area contributed by atoms with Crippen molar-refractivity contribution in [1.29, 1.82) is 0 Å². The first-order valence-corrected chi connectivity index (χ1v) is 15.9. The second kappa shape index (κ2) is 16.3. The second-order valence-corrected chi connectivity index (χ2v) is 13.3. The van der Waals surface area contributed by atoms with Crippen LogP contribution >= 0.6 is 15.9 Å². The molecule has 0 atom stereocenters. The Hall–Kier alpha value is -2.90. The smallest absolute Gasteiger partial charge is 0.465 e. The van der Waals surface area contributed by atoms with Gasteiger partial charge in [0.05, 0.1) is 36.5 Å². The van der Waals surface area contributed by atoms with Gasteiger partial charge in [0.25, 0.3) is 0 Å². The fraction of sp³-hybridized carbons (Fsp3) is 0.471. The minimum atomic E-state index is -0.672. The molecule has 3 heterocycles. The van der Waals surface area contributed by atoms with Gasteiger partial charge in [0.2, 0.25) is 0 Å². The van der Waals surface area contributed by atoms with E-state index in [1.54, 1.807) is 12.1 Å². The van der Waals surface area contributed by atoms with Crippen LogP contribution in [0.1, 0.15) is 66.8 Å². The molecule has 250 valence electrons. The molecule has 1 fully saturated rings. The third kappa shape index (κ3) is 9.81. The molecule has 0 amide bonds. The summed E-state index contributed by atoms with van der Waals surface area (Å²) in [6.07, 6.45) is 6.31. The van der Waals surface area contributed by atoms with Crippen LogP contribution in [-0.4, -0.2) is 94.6 Å². The minimum Gasteiger partial charge on any atom is -0.465 e. The number of likely N-dealkylation sites (N-methyl/N-ethyl adjacent to an activating group) is 2. The Labute approximate surface area is 280 Å². The maximum Gasteiger partial charge on any atom is 0.490 e. The number of esters is 2. The van der Waals surface area contributed by atoms with E-state index in [1.807, 2.05) is 0 Å². The molecule has 3 aliphatic heterocycles. The molecule has 0 bridgehead atoms. The van der Waals surface area contributed by atoms with Crippen molar-refractivity contribution in [2.75, 3.05) is 54.5 Å². The summed E-state index contributed by atoms with van der Waals surface area (Å²) >= 11 is 3.12. The van der Waals surface area contributed by atoms with Crippen molar-refractivity contribution >= 4 is 40.6 Å². The number of benzene rings is 2. The van der Waals surface area contributed by atoms with Gasteiger partial charge in [0.15, 0.2) is 0 Å². The van der Waals surface area contributed by atoms with E-state index in [2.05, 4.69) is 89.1 Å². The molecular weight excluding hydrogens is 661 g/mol. The summed E-state index contributed by atoms with van der Waals surface area (Å²) in [6, 6.07) is 8.69. The van der Waals surface area contributed by atoms with Crippen LogP contribution in [0.3, 0.4) is 0 Å². The van der Waals surface area contributed by atoms with Crippen LogP contribution in [0, 0.1) is 11.6 Å². The molecule has 46 heavy (non-hydrogen) atoms. The highest BCUT2D eigenvalue weighted by Crippen LogP contribution is 2.39. The summed E-state index contributed by atoms with van der Waals surface area (Å²) in [4.78, 5) is 26.8. The Bertz CT molecular complexity index is 1450. The Morgan fingerprint density at radius 2 is 1.30 bits per heavy atom. The van der Waals surface area contributed by atoms with Crippen LogP contribution in [0.25, 0.3) is 5.57 Å². The zero-order valence-electron chi connectivity index (χ0n) is 27.9. The van der Waals surface area contributed by atoms with Crippen LogP contribution in [0.5, 0.6) is 0 Å². The fourth-order valence-corrected chi connectivity index (χ4v) is 5.14. The number of ether oxygens (including phenoxy) is 2. The predicted octanol–water partition coefficient (Wildman–Crippen LogP) is 6.59. The first-order chi connectivity index (χ1) is 21.6. The van der Waals surface area contributed by atoms with Crippen molar-refractivity contribution in [3.63, 3.8) is 0 Å². The molecule has 0 unspecified atom stereocenters. The van der Waals surface area contributed by atoms with Gasteiger partial charge in [0, 0.05) is 30.7 Å². The normalized spacial score (nSPS) is 19.1. The van der Waals surface area contributed by atoms with Gasteiger partial charge < -0.3 is 28.6 Å². The number of methoxy groups -OCH3 is 2. The van der Waals surface area contributed by atoms with E-state index < -0.39 is 23.6 Å². The van der Waals surface area contributed by atoms with Crippen LogP contribution in [0.4, 0.5) is 8.78 Å². The first-order valence-electron chi connectivity index (χ1n) is 15.1. The molecule has 8 nitrogen and oxygen atoms in total. The quantitative estimate of drug-likeness (QED) is 0.261. The summed E-state index contributed by atoms with van der Waals surface area (Å²) in [6.45, 7) is 12.3. The zero-order valence-corrected chi connectivity index (χ0v) is 29.5. The lowest BCUT2D eigenvalue weighted by atomic mass is 9.75. The van der Waals surface area contributed by atoms with Gasteiger partial charge >= 0.3 is 19.1 Å². The van der Waals surface area contributed by atoms with E-state index in [-0.39, 0.29) is 29.4 Å². The Morgan fingerprint density at radius 1 is 0.804 bits per heavy atom. The molecular formula is C34H44BBrF2N2O6. The lowest BCUT2D eigenvalue weighted by molar-refractivity contribution is 0.00578. The van der Waals surface area contributed by atoms with Crippen molar-refractivity contribution in [1.82, 2.24) is 9.80 Å². The minimum absolute atomic E-state index is 0.00479. The highest BCUT2D eigenvalue weighted by atomic mass is 79.9. The summed E-state index contributed by atoms with van der Waals surface area (Å²) in [7, 11) is 6.51. The van der Waals surface area contributed by atoms with E-state index in [0.29, 0.717) is 4.47 Å². The number of carbonyl (C=O) groups excluding carboxylic acids is 2. The van der Waals surface area contributed by atoms with Crippen LogP contribution in [0.2, 0.25) is 0 Å². The Balaban J connectivity index is 0.000000192. The highest BCUT2D eigenvalue weighted by Gasteiger charge is 2.52. The van der Waals surface area contributed by atoms with Crippen molar-refractivity contribution < 1.29 is 37.2 Å². The number of hydrogen-bond donors (Lipinski definition) is 0. The fourth-order valence-electron chi connectivity index (χ4n) is 4.78. The Morgan fingerprint density at radius 3 is 1.78 bits per heavy atom. The zero-order chi connectivity index (χ0) is 34.2. The second-order valence-electron chi connectivity index (χ2n) is 12.4. The SMILES string of the molecule is CN1CC=C(B2OC(C)(C)C(C)(C)O2)CC1.COC(=O)c1cc(Br)ccc1F.COC(=O)c1cc(C2=CCN(C)CC2)ccc1F. The molecule has 1 saturated heterocycles. The predicted molar refractivity (Wildman–Crippen MR) is 180 cm³/mol. The first kappa shape index (κ1) is 37.6. The number of halogens is 3. The molecule has 0 N–H and O–H groups in total. The maximum atomic E-state index is 13.5. The van der Waals surface area contributed by atoms with Gasteiger partial charge in [-0.15, -0.1) is 0 Å². The largest absolute Gasteiger partial charge is 0.490 e. The van der Waals surface area contributed by atoms with Gasteiger partial charge in [-0.05, 0) is 102 Å². The van der Waals surface area contributed by atoms with Crippen molar-refractivity contribution in [3.8, 4) is 0 Å². The van der Waals surface area contributed by atoms with Crippen LogP contribution in [-0.2, 0) is 18.8 Å². The van der Waals surface area contributed by atoms with Crippen molar-refractivity contribution in [2.24, 2.45) is 0 Å². The molecule has 5 rings (SSSR count). The third-order valence-corrected chi connectivity index (χ3v) is 8.98. The van der Waals surface area contributed by atoms with Gasteiger partial charge in [-0.3, -0.25) is 0 Å². The number of rotatable bonds is 4. The summed E-state index contributed by atoms with van der Waals surface area (Å²) < 4.78 is 48.0. The monoisotopic (exact) mass is 704 g/mol. The van der Waals surface area contributed by atoms with Gasteiger partial charge in [-0.25, -0.2) is 18.4 Å². The van der Waals surface area contributed by atoms with E-state index in [0.717, 1.165) is 50.2 Å². The molecule has 0 saturated carbocycles. The van der Waals surface area contributed by atoms with Crippen molar-refractivity contribution in [2.45, 2.75) is 51.7 Å². The topological polar surface area (TPSA) is 77.5 Å². The summed E-state index contributed by atoms with van der Waals surface area (Å²) in [5.74, 6) is -2.43. The lowest BCUT2D eigenvalue weighted by Gasteiger charge is -2.32. The van der Waals surface area contributed by atoms with Crippen molar-refractivity contribution in [3.05, 3.63) is 86.8 Å². The number of carbonyl (C=O) groups is 2. The maximum absolute atomic E-state index is 13.5. The number of nitrogens with zero attached hydrogens (tertiary/aromatic N) is 2. The van der Waals surface area contributed by atoms with Gasteiger partial charge in [0.1, 0.15) is 11.6 Å². The summed E-state index contributed by atoms with van der Waals surface area (Å²) in [5, 5.41) is 0. The highest BCUT2D eigenvalue weighted by molar-refractivity contribution is 9.10. The van der Waals surface area contributed by atoms with Gasteiger partial charge in [-0.1, -0.05) is 34.1 Å². The molecule has 0 aromatic heterocycles. The van der Waals surface area contributed by atoms with Gasteiger partial charge in [-0.2, -0.15) is 0 Å². The van der Waals surface area contributed by atoms with E-state index in [9.17, 15) is 18.4 Å². The lowest BCUT2D eigenvalue weighted by Crippen LogP contribution is -2.41. The van der Waals surface area contributed by atoms with Crippen LogP contribution in [0.15, 0.2) is 58.5 Å². The molecule has 2 aromatic carbocycles. The molecule has 2 aromatic rings. The molecule has 3 aliphatic rings. The molecule has 0 aliphatic carbocycles. The summed E-state index contributed by atoms with van der Waals surface area (Å²) in [5.41, 5.74) is 2.84. The van der Waals surface area contributed by atoms with Crippen LogP contribution < -0.4 is 0 Å². The average molecular weight is 705 g/mol. The van der Waals surface area contributed by atoms with E-state index >= 15 is 0 Å². The van der Waals surface area contributed by atoms with E-state index in [1.165, 1.54) is 44.0 Å². The number of hydrogen-bond acceptors (Lipinski definition) is 8. The average Bonchev–Trinajstić information content (AvgIpc) is 3.25. The Kier molecular flexibility index (Phi) is 13.3. The molecule has 12 heteroatoms. The third-order valence-electron chi connectivity index (χ3n) is 8.49.